The number of hydrogen-bond acceptors (Lipinski definition) is 6. The summed E-state index contributed by atoms with van der Waals surface area (Å²) in [6, 6.07) is 8.54. The smallest absolute Gasteiger partial charge is 0.233 e. The van der Waals surface area contributed by atoms with Crippen molar-refractivity contribution in [3.63, 3.8) is 0 Å². The first kappa shape index (κ1) is 16.8. The number of H-pyrrole nitrogens is 1. The average Bonchev–Trinajstić information content (AvgIpc) is 3.39. The molecule has 0 saturated carbocycles. The van der Waals surface area contributed by atoms with E-state index in [0.717, 1.165) is 31.6 Å². The van der Waals surface area contributed by atoms with Crippen LogP contribution in [-0.2, 0) is 11.2 Å². The minimum atomic E-state index is 0.172. The zero-order valence-electron chi connectivity index (χ0n) is 13.6. The standard InChI is InChI=1S/C17H18N4OS3/c22-16(21-7-1-5-13(21)14-6-3-9-24-14)11-25-17-18-15(19-20-17)10-12-4-2-8-23-12/h2-4,6,8-9,13H,1,5,7,10-11H2,(H,18,19,20). The zero-order chi connectivity index (χ0) is 17.1. The molecule has 4 heterocycles. The number of hydrogen-bond donors (Lipinski definition) is 1. The lowest BCUT2D eigenvalue weighted by Crippen LogP contribution is -2.31. The van der Waals surface area contributed by atoms with Crippen LogP contribution in [0.4, 0.5) is 0 Å². The number of aromatic nitrogens is 3. The molecule has 0 aromatic carbocycles. The van der Waals surface area contributed by atoms with E-state index in [-0.39, 0.29) is 11.9 Å². The highest BCUT2D eigenvalue weighted by molar-refractivity contribution is 7.99. The van der Waals surface area contributed by atoms with Crippen molar-refractivity contribution in [2.24, 2.45) is 0 Å². The minimum absolute atomic E-state index is 0.172. The van der Waals surface area contributed by atoms with Crippen LogP contribution in [0.15, 0.2) is 40.2 Å². The van der Waals surface area contributed by atoms with Crippen molar-refractivity contribution < 1.29 is 4.79 Å². The fraction of sp³-hybridized carbons (Fsp3) is 0.353. The summed E-state index contributed by atoms with van der Waals surface area (Å²) in [4.78, 5) is 21.7. The second-order valence-corrected chi connectivity index (χ2v) is 8.82. The van der Waals surface area contributed by atoms with Crippen molar-refractivity contribution in [3.8, 4) is 0 Å². The molecule has 8 heteroatoms. The molecule has 5 nitrogen and oxygen atoms in total. The van der Waals surface area contributed by atoms with Gasteiger partial charge >= 0.3 is 0 Å². The van der Waals surface area contributed by atoms with Crippen LogP contribution in [0.1, 0.15) is 34.5 Å². The van der Waals surface area contributed by atoms with Crippen LogP contribution in [0.3, 0.4) is 0 Å². The fourth-order valence-corrected chi connectivity index (χ4v) is 5.34. The van der Waals surface area contributed by atoms with Gasteiger partial charge in [-0.1, -0.05) is 23.9 Å². The Labute approximate surface area is 158 Å². The highest BCUT2D eigenvalue weighted by atomic mass is 32.2. The number of likely N-dealkylation sites (tertiary alicyclic amines) is 1. The van der Waals surface area contributed by atoms with Crippen molar-refractivity contribution in [1.82, 2.24) is 20.1 Å². The fourth-order valence-electron chi connectivity index (χ4n) is 3.05. The number of aromatic amines is 1. The summed E-state index contributed by atoms with van der Waals surface area (Å²) in [6.45, 7) is 0.847. The topological polar surface area (TPSA) is 61.9 Å². The molecule has 3 aromatic heterocycles. The third kappa shape index (κ3) is 3.96. The van der Waals surface area contributed by atoms with Crippen LogP contribution < -0.4 is 0 Å². The van der Waals surface area contributed by atoms with E-state index in [2.05, 4.69) is 44.1 Å². The summed E-state index contributed by atoms with van der Waals surface area (Å²) >= 11 is 4.85. The van der Waals surface area contributed by atoms with Gasteiger partial charge in [-0.05, 0) is 35.7 Å². The number of thiophene rings is 2. The normalized spacial score (nSPS) is 17.3. The van der Waals surface area contributed by atoms with E-state index >= 15 is 0 Å². The average molecular weight is 391 g/mol. The molecule has 130 valence electrons. The van der Waals surface area contributed by atoms with Crippen LogP contribution in [0.25, 0.3) is 0 Å². The molecular formula is C17H18N4OS3. The predicted octanol–water partition coefficient (Wildman–Crippen LogP) is 3.97. The molecule has 25 heavy (non-hydrogen) atoms. The molecule has 1 atom stereocenters. The Kier molecular flexibility index (Phi) is 5.19. The van der Waals surface area contributed by atoms with Gasteiger partial charge in [0, 0.05) is 22.7 Å². The Bertz CT molecular complexity index is 813. The number of nitrogens with zero attached hydrogens (tertiary/aromatic N) is 3. The van der Waals surface area contributed by atoms with Crippen LogP contribution in [0, 0.1) is 0 Å². The number of rotatable bonds is 6. The van der Waals surface area contributed by atoms with Crippen molar-refractivity contribution >= 4 is 40.3 Å². The Morgan fingerprint density at radius 1 is 1.32 bits per heavy atom. The highest BCUT2D eigenvalue weighted by Gasteiger charge is 2.30. The SMILES string of the molecule is O=C(CSc1n[nH]c(Cc2cccs2)n1)N1CCCC1c1cccs1. The van der Waals surface area contributed by atoms with E-state index in [4.69, 9.17) is 0 Å². The lowest BCUT2D eigenvalue weighted by Gasteiger charge is -2.23. The molecule has 0 radical (unpaired) electrons. The van der Waals surface area contributed by atoms with E-state index in [0.29, 0.717) is 10.9 Å². The van der Waals surface area contributed by atoms with E-state index in [9.17, 15) is 4.79 Å². The van der Waals surface area contributed by atoms with Gasteiger partial charge in [0.1, 0.15) is 5.82 Å². The lowest BCUT2D eigenvalue weighted by atomic mass is 10.2. The Morgan fingerprint density at radius 3 is 3.00 bits per heavy atom. The molecule has 1 aliphatic heterocycles. The van der Waals surface area contributed by atoms with Gasteiger partial charge in [0.25, 0.3) is 0 Å². The van der Waals surface area contributed by atoms with Crippen LogP contribution in [0.2, 0.25) is 0 Å². The molecule has 0 aliphatic carbocycles. The van der Waals surface area contributed by atoms with Crippen LogP contribution in [-0.4, -0.2) is 38.3 Å². The Balaban J connectivity index is 1.33. The number of thioether (sulfide) groups is 1. The molecule has 0 spiro atoms. The van der Waals surface area contributed by atoms with Gasteiger partial charge in [0.2, 0.25) is 11.1 Å². The van der Waals surface area contributed by atoms with Gasteiger partial charge in [-0.2, -0.15) is 0 Å². The monoisotopic (exact) mass is 390 g/mol. The number of amides is 1. The number of carbonyl (C=O) groups is 1. The second kappa shape index (κ2) is 7.72. The van der Waals surface area contributed by atoms with E-state index in [1.807, 2.05) is 11.0 Å². The Hall–Kier alpha value is -1.64. The summed E-state index contributed by atoms with van der Waals surface area (Å²) in [5, 5.41) is 12.0. The second-order valence-electron chi connectivity index (χ2n) is 5.87. The third-order valence-electron chi connectivity index (χ3n) is 4.20. The first-order chi connectivity index (χ1) is 12.3. The van der Waals surface area contributed by atoms with Gasteiger partial charge in [0.15, 0.2) is 0 Å². The minimum Gasteiger partial charge on any atom is -0.334 e. The molecule has 1 fully saturated rings. The van der Waals surface area contributed by atoms with Crippen LogP contribution in [0.5, 0.6) is 0 Å². The molecule has 1 saturated heterocycles. The van der Waals surface area contributed by atoms with Crippen LogP contribution >= 0.6 is 34.4 Å². The van der Waals surface area contributed by atoms with E-state index in [1.165, 1.54) is 21.5 Å². The molecule has 1 aliphatic rings. The number of carbonyl (C=O) groups excluding carboxylic acids is 1. The lowest BCUT2D eigenvalue weighted by molar-refractivity contribution is -0.129. The molecule has 4 rings (SSSR count). The Morgan fingerprint density at radius 2 is 2.20 bits per heavy atom. The first-order valence-electron chi connectivity index (χ1n) is 8.19. The van der Waals surface area contributed by atoms with Gasteiger partial charge in [-0.15, -0.1) is 27.8 Å². The first-order valence-corrected chi connectivity index (χ1v) is 10.9. The van der Waals surface area contributed by atoms with E-state index in [1.54, 1.807) is 22.7 Å². The maximum absolute atomic E-state index is 12.6. The van der Waals surface area contributed by atoms with Crippen molar-refractivity contribution in [1.29, 1.82) is 0 Å². The molecule has 1 N–H and O–H groups in total. The highest BCUT2D eigenvalue weighted by Crippen LogP contribution is 2.35. The summed E-state index contributed by atoms with van der Waals surface area (Å²) < 4.78 is 0. The summed E-state index contributed by atoms with van der Waals surface area (Å²) in [5.41, 5.74) is 0. The molecule has 1 unspecified atom stereocenters. The molecule has 0 bridgehead atoms. The quantitative estimate of drug-likeness (QED) is 0.647. The molecule has 3 aromatic rings. The van der Waals surface area contributed by atoms with Crippen molar-refractivity contribution in [2.45, 2.75) is 30.5 Å². The van der Waals surface area contributed by atoms with Gasteiger partial charge < -0.3 is 4.90 Å². The zero-order valence-corrected chi connectivity index (χ0v) is 16.0. The van der Waals surface area contributed by atoms with Crippen molar-refractivity contribution in [2.75, 3.05) is 12.3 Å². The number of nitrogens with one attached hydrogen (secondary N) is 1. The summed E-state index contributed by atoms with van der Waals surface area (Å²) in [6.07, 6.45) is 2.89. The van der Waals surface area contributed by atoms with E-state index < -0.39 is 0 Å². The maximum Gasteiger partial charge on any atom is 0.233 e. The largest absolute Gasteiger partial charge is 0.334 e. The van der Waals surface area contributed by atoms with Crippen molar-refractivity contribution in [3.05, 3.63) is 50.6 Å². The van der Waals surface area contributed by atoms with Gasteiger partial charge in [0.05, 0.1) is 11.8 Å². The molecule has 1 amide bonds. The van der Waals surface area contributed by atoms with Gasteiger partial charge in [-0.3, -0.25) is 9.89 Å². The summed E-state index contributed by atoms with van der Waals surface area (Å²) in [5.74, 6) is 1.40. The predicted molar refractivity (Wildman–Crippen MR) is 102 cm³/mol. The summed E-state index contributed by atoms with van der Waals surface area (Å²) in [7, 11) is 0. The molecular weight excluding hydrogens is 372 g/mol. The maximum atomic E-state index is 12.6. The van der Waals surface area contributed by atoms with Gasteiger partial charge in [-0.25, -0.2) is 4.98 Å². The third-order valence-corrected chi connectivity index (χ3v) is 6.88.